The maximum atomic E-state index is 7.13. The molecule has 0 bridgehead atoms. The molecule has 2 aliphatic carbocycles. The van der Waals surface area contributed by atoms with Crippen LogP contribution in [0.3, 0.4) is 0 Å². The maximum Gasteiger partial charge on any atom is 0.192 e. The van der Waals surface area contributed by atoms with E-state index in [1.54, 1.807) is 0 Å². The van der Waals surface area contributed by atoms with Crippen molar-refractivity contribution in [2.24, 2.45) is 11.8 Å². The lowest BCUT2D eigenvalue weighted by molar-refractivity contribution is 0.153. The van der Waals surface area contributed by atoms with Crippen LogP contribution in [0.25, 0.3) is 0 Å². The summed E-state index contributed by atoms with van der Waals surface area (Å²) in [5, 5.41) is 3.90. The lowest BCUT2D eigenvalue weighted by atomic mass is 9.91. The first-order valence-corrected chi connectivity index (χ1v) is 18.7. The first kappa shape index (κ1) is 23.6. The molecule has 1 unspecified atom stereocenters. The van der Waals surface area contributed by atoms with Gasteiger partial charge in [0, 0.05) is 5.92 Å². The van der Waals surface area contributed by atoms with Crippen LogP contribution in [-0.2, 0) is 4.43 Å². The number of rotatable bonds is 4. The highest BCUT2D eigenvalue weighted by Gasteiger charge is 2.54. The fourth-order valence-electron chi connectivity index (χ4n) is 6.03. The Morgan fingerprint density at radius 1 is 0.824 bits per heavy atom. The van der Waals surface area contributed by atoms with Crippen LogP contribution in [0.4, 0.5) is 22.7 Å². The van der Waals surface area contributed by atoms with E-state index in [4.69, 9.17) is 4.43 Å². The molecule has 1 heterocycles. The molecule has 180 valence electrons. The van der Waals surface area contributed by atoms with Crippen LogP contribution in [0.15, 0.2) is 72.8 Å². The number of para-hydroxylation sites is 4. The van der Waals surface area contributed by atoms with E-state index >= 15 is 0 Å². The third kappa shape index (κ3) is 3.82. The second kappa shape index (κ2) is 8.25. The van der Waals surface area contributed by atoms with Crippen molar-refractivity contribution in [2.75, 3.05) is 9.88 Å². The van der Waals surface area contributed by atoms with Crippen LogP contribution in [0.1, 0.15) is 27.2 Å². The van der Waals surface area contributed by atoms with E-state index in [0.29, 0.717) is 23.5 Å². The second-order valence-electron chi connectivity index (χ2n) is 12.3. The van der Waals surface area contributed by atoms with Crippen LogP contribution in [0.5, 0.6) is 0 Å². The molecule has 0 radical (unpaired) electrons. The molecule has 0 saturated heterocycles. The van der Waals surface area contributed by atoms with Gasteiger partial charge in [-0.2, -0.15) is 0 Å². The summed E-state index contributed by atoms with van der Waals surface area (Å²) in [6.45, 7) is 17.0. The summed E-state index contributed by atoms with van der Waals surface area (Å²) in [4.78, 5) is 0. The molecule has 0 aromatic heterocycles. The number of hydrogen-bond donors (Lipinski definition) is 1. The second-order valence-corrected chi connectivity index (χ2v) is 21.6. The first-order chi connectivity index (χ1) is 16.0. The van der Waals surface area contributed by atoms with Crippen molar-refractivity contribution in [3.63, 3.8) is 0 Å². The first-order valence-electron chi connectivity index (χ1n) is 12.8. The molecule has 1 saturated carbocycles. The van der Waals surface area contributed by atoms with Gasteiger partial charge in [-0.05, 0) is 60.3 Å². The molecule has 2 aromatic rings. The molecule has 5 heteroatoms. The smallest absolute Gasteiger partial charge is 0.192 e. The van der Waals surface area contributed by atoms with Crippen LogP contribution >= 0.6 is 0 Å². The van der Waals surface area contributed by atoms with Gasteiger partial charge in [-0.25, -0.2) is 0 Å². The fraction of sp³-hybridized carbons (Fsp3) is 0.448. The van der Waals surface area contributed by atoms with Gasteiger partial charge in [0.2, 0.25) is 0 Å². The fourth-order valence-corrected chi connectivity index (χ4v) is 11.4. The highest BCUT2D eigenvalue weighted by molar-refractivity contribution is 6.84. The van der Waals surface area contributed by atoms with Gasteiger partial charge in [0.1, 0.15) is 0 Å². The van der Waals surface area contributed by atoms with Gasteiger partial charge in [-0.3, -0.25) is 0 Å². The molecule has 34 heavy (non-hydrogen) atoms. The zero-order valence-electron chi connectivity index (χ0n) is 21.8. The van der Waals surface area contributed by atoms with E-state index in [0.717, 1.165) is 6.42 Å². The predicted octanol–water partition coefficient (Wildman–Crippen LogP) is 8.61. The Labute approximate surface area is 208 Å². The lowest BCUT2D eigenvalue weighted by Gasteiger charge is -2.48. The number of nitrogens with one attached hydrogen (secondary N) is 1. The third-order valence-electron chi connectivity index (χ3n) is 8.90. The van der Waals surface area contributed by atoms with Gasteiger partial charge in [-0.15, -0.1) is 0 Å². The van der Waals surface area contributed by atoms with Gasteiger partial charge in [0.05, 0.1) is 28.9 Å². The van der Waals surface area contributed by atoms with Crippen molar-refractivity contribution in [3.05, 3.63) is 72.8 Å². The zero-order valence-corrected chi connectivity index (χ0v) is 23.8. The lowest BCUT2D eigenvalue weighted by Crippen LogP contribution is -2.52. The molecule has 4 atom stereocenters. The van der Waals surface area contributed by atoms with E-state index in [9.17, 15) is 0 Å². The molecule has 3 aliphatic rings. The normalized spacial score (nSPS) is 26.0. The minimum atomic E-state index is -2.00. The largest absolute Gasteiger partial charge is 0.413 e. The third-order valence-corrected chi connectivity index (χ3v) is 17.5. The summed E-state index contributed by atoms with van der Waals surface area (Å²) in [5.41, 5.74) is 5.67. The van der Waals surface area contributed by atoms with E-state index in [1.807, 2.05) is 0 Å². The van der Waals surface area contributed by atoms with Gasteiger partial charge in [-0.1, -0.05) is 82.4 Å². The standard InChI is InChI=1S/C29H40N2OSi2/c1-29(2,3)34(6,7)32-27-20-28(22-15-9-8-14-21(22)27)33(4,5)31-25-18-12-10-16-23(25)30-24-17-11-13-19-26(24)31/h8-19,21-22,27-28,30H,20H2,1-7H3/t21-,22+,27+,28?/m1/s1. The number of anilines is 4. The summed E-state index contributed by atoms with van der Waals surface area (Å²) in [6.07, 6.45) is 10.9. The number of allylic oxidation sites excluding steroid dienone is 3. The Morgan fingerprint density at radius 3 is 1.91 bits per heavy atom. The van der Waals surface area contributed by atoms with Gasteiger partial charge >= 0.3 is 0 Å². The Morgan fingerprint density at radius 2 is 1.35 bits per heavy atom. The van der Waals surface area contributed by atoms with Crippen molar-refractivity contribution in [2.45, 2.75) is 70.1 Å². The highest BCUT2D eigenvalue weighted by atomic mass is 28.4. The Balaban J connectivity index is 1.55. The number of nitrogens with zero attached hydrogens (tertiary/aromatic N) is 1. The molecular weight excluding hydrogens is 449 g/mol. The predicted molar refractivity (Wildman–Crippen MR) is 151 cm³/mol. The minimum absolute atomic E-state index is 0.220. The summed E-state index contributed by atoms with van der Waals surface area (Å²) in [5.74, 6) is 1.01. The van der Waals surface area contributed by atoms with Crippen LogP contribution in [-0.4, -0.2) is 22.7 Å². The van der Waals surface area contributed by atoms with Crippen LogP contribution in [0, 0.1) is 11.8 Å². The molecule has 1 N–H and O–H groups in total. The molecular formula is C29H40N2OSi2. The van der Waals surface area contributed by atoms with Crippen molar-refractivity contribution in [1.29, 1.82) is 0 Å². The molecule has 1 aliphatic heterocycles. The summed E-state index contributed by atoms with van der Waals surface area (Å²) in [6, 6.07) is 17.6. The van der Waals surface area contributed by atoms with Gasteiger partial charge in [0.15, 0.2) is 16.6 Å². The molecule has 5 rings (SSSR count). The summed E-state index contributed by atoms with van der Waals surface area (Å²) < 4.78 is 9.86. The number of benzene rings is 2. The van der Waals surface area contributed by atoms with E-state index in [1.165, 1.54) is 22.7 Å². The van der Waals surface area contributed by atoms with E-state index in [-0.39, 0.29) is 5.04 Å². The molecule has 1 fully saturated rings. The van der Waals surface area contributed by atoms with Crippen LogP contribution in [0.2, 0.25) is 36.8 Å². The minimum Gasteiger partial charge on any atom is -0.413 e. The molecule has 3 nitrogen and oxygen atoms in total. The highest BCUT2D eigenvalue weighted by Crippen LogP contribution is 2.57. The SMILES string of the molecule is CC(C)(C)[Si](C)(C)O[C@H]1CC([Si](C)(C)N2c3ccccc3Nc3ccccc32)[C@H]2C=CC=C[C@@H]12. The molecule has 2 aromatic carbocycles. The average Bonchev–Trinajstić information content (AvgIpc) is 3.15. The Bertz CT molecular complexity index is 1090. The Hall–Kier alpha value is -2.09. The number of hydrogen-bond acceptors (Lipinski definition) is 3. The summed E-state index contributed by atoms with van der Waals surface area (Å²) >= 11 is 0. The quantitative estimate of drug-likeness (QED) is 0.436. The van der Waals surface area contributed by atoms with Crippen molar-refractivity contribution >= 4 is 39.3 Å². The van der Waals surface area contributed by atoms with E-state index in [2.05, 4.69) is 130 Å². The maximum absolute atomic E-state index is 7.13. The van der Waals surface area contributed by atoms with Crippen LogP contribution < -0.4 is 9.88 Å². The monoisotopic (exact) mass is 488 g/mol. The topological polar surface area (TPSA) is 24.5 Å². The van der Waals surface area contributed by atoms with Crippen molar-refractivity contribution in [3.8, 4) is 0 Å². The van der Waals surface area contributed by atoms with Gasteiger partial charge < -0.3 is 14.3 Å². The molecule has 0 spiro atoms. The summed E-state index contributed by atoms with van der Waals surface area (Å²) in [7, 11) is -3.86. The number of fused-ring (bicyclic) bond motifs is 3. The Kier molecular flexibility index (Phi) is 5.74. The van der Waals surface area contributed by atoms with Crippen molar-refractivity contribution < 1.29 is 4.43 Å². The van der Waals surface area contributed by atoms with Gasteiger partial charge in [0.25, 0.3) is 0 Å². The molecule has 0 amide bonds. The average molecular weight is 489 g/mol. The van der Waals surface area contributed by atoms with E-state index < -0.39 is 16.6 Å². The zero-order chi connectivity index (χ0) is 24.3. The van der Waals surface area contributed by atoms with Crippen molar-refractivity contribution in [1.82, 2.24) is 0 Å².